The summed E-state index contributed by atoms with van der Waals surface area (Å²) in [4.78, 5) is 24.8. The van der Waals surface area contributed by atoms with E-state index in [1.165, 1.54) is 17.1 Å². The van der Waals surface area contributed by atoms with Crippen LogP contribution in [0.3, 0.4) is 0 Å². The van der Waals surface area contributed by atoms with E-state index in [0.29, 0.717) is 6.01 Å². The van der Waals surface area contributed by atoms with Crippen LogP contribution in [0.4, 0.5) is 6.01 Å². The summed E-state index contributed by atoms with van der Waals surface area (Å²) in [6, 6.07) is 8.69. The lowest BCUT2D eigenvalue weighted by atomic mass is 10.1. The molecule has 30 heavy (non-hydrogen) atoms. The number of piperazine rings is 1. The number of fused-ring (bicyclic) bond motifs is 1. The molecule has 1 amide bonds. The molecule has 0 bridgehead atoms. The fraction of sp³-hybridized carbons (Fsp3) is 0.478. The molecule has 2 aromatic heterocycles. The van der Waals surface area contributed by atoms with Crippen molar-refractivity contribution in [1.82, 2.24) is 20.2 Å². The lowest BCUT2D eigenvalue weighted by Gasteiger charge is -2.41. The second-order valence-corrected chi connectivity index (χ2v) is 9.09. The fourth-order valence-corrected chi connectivity index (χ4v) is 4.06. The number of anilines is 1. The average molecular weight is 410 g/mol. The number of amides is 1. The smallest absolute Gasteiger partial charge is 0.298 e. The Kier molecular flexibility index (Phi) is 5.56. The SMILES string of the molecule is CC(Cc1c[nH]c2ccccc12)NC(=O)c1cnc(N2CCN(C(C)(C)C)CC2)o1. The zero-order valence-corrected chi connectivity index (χ0v) is 18.2. The van der Waals surface area contributed by atoms with Gasteiger partial charge in [0.05, 0.1) is 6.20 Å². The topological polar surface area (TPSA) is 77.4 Å². The summed E-state index contributed by atoms with van der Waals surface area (Å²) in [5.41, 5.74) is 2.46. The highest BCUT2D eigenvalue weighted by atomic mass is 16.4. The second-order valence-electron chi connectivity index (χ2n) is 9.09. The molecule has 160 valence electrons. The summed E-state index contributed by atoms with van der Waals surface area (Å²) in [5, 5.41) is 4.22. The molecule has 3 aromatic rings. The van der Waals surface area contributed by atoms with Crippen LogP contribution in [0.1, 0.15) is 43.8 Å². The highest BCUT2D eigenvalue weighted by Gasteiger charge is 2.28. The maximum Gasteiger partial charge on any atom is 0.298 e. The van der Waals surface area contributed by atoms with Crippen LogP contribution in [0.25, 0.3) is 10.9 Å². The van der Waals surface area contributed by atoms with Crippen LogP contribution in [0.2, 0.25) is 0 Å². The molecule has 0 aliphatic carbocycles. The Morgan fingerprint density at radius 2 is 1.97 bits per heavy atom. The predicted octanol–water partition coefficient (Wildman–Crippen LogP) is 3.44. The average Bonchev–Trinajstić information content (AvgIpc) is 3.35. The van der Waals surface area contributed by atoms with Gasteiger partial charge in [0.1, 0.15) is 0 Å². The third-order valence-electron chi connectivity index (χ3n) is 5.79. The Labute approximate surface area is 177 Å². The van der Waals surface area contributed by atoms with Crippen LogP contribution in [-0.4, -0.2) is 58.5 Å². The van der Waals surface area contributed by atoms with Gasteiger partial charge in [0, 0.05) is 54.9 Å². The Hall–Kier alpha value is -2.80. The number of carbonyl (C=O) groups is 1. The van der Waals surface area contributed by atoms with Gasteiger partial charge in [0.15, 0.2) is 0 Å². The van der Waals surface area contributed by atoms with Gasteiger partial charge < -0.3 is 19.6 Å². The molecule has 1 fully saturated rings. The number of hydrogen-bond donors (Lipinski definition) is 2. The minimum absolute atomic E-state index is 0.0272. The van der Waals surface area contributed by atoms with E-state index < -0.39 is 0 Å². The molecule has 3 heterocycles. The summed E-state index contributed by atoms with van der Waals surface area (Å²) >= 11 is 0. The molecule has 1 aromatic carbocycles. The first-order valence-corrected chi connectivity index (χ1v) is 10.6. The van der Waals surface area contributed by atoms with Crippen molar-refractivity contribution in [2.24, 2.45) is 0 Å². The van der Waals surface area contributed by atoms with Gasteiger partial charge in [-0.3, -0.25) is 9.69 Å². The van der Waals surface area contributed by atoms with Crippen molar-refractivity contribution < 1.29 is 9.21 Å². The summed E-state index contributed by atoms with van der Waals surface area (Å²) in [7, 11) is 0. The number of benzene rings is 1. The number of nitrogens with zero attached hydrogens (tertiary/aromatic N) is 3. The van der Waals surface area contributed by atoms with Gasteiger partial charge in [0.25, 0.3) is 11.9 Å². The normalized spacial score (nSPS) is 16.7. The van der Waals surface area contributed by atoms with Gasteiger partial charge in [-0.1, -0.05) is 18.2 Å². The second kappa shape index (κ2) is 8.14. The van der Waals surface area contributed by atoms with Gasteiger partial charge in [-0.05, 0) is 45.7 Å². The van der Waals surface area contributed by atoms with Crippen LogP contribution < -0.4 is 10.2 Å². The van der Waals surface area contributed by atoms with Gasteiger partial charge >= 0.3 is 0 Å². The molecule has 2 N–H and O–H groups in total. The van der Waals surface area contributed by atoms with E-state index in [1.807, 2.05) is 25.3 Å². The number of oxazole rings is 1. The number of aromatic amines is 1. The molecule has 4 rings (SSSR count). The molecule has 1 saturated heterocycles. The minimum atomic E-state index is -0.227. The zero-order chi connectivity index (χ0) is 21.3. The molecule has 0 spiro atoms. The molecule has 7 heteroatoms. The first kappa shape index (κ1) is 20.5. The molecule has 1 aliphatic rings. The number of hydrogen-bond acceptors (Lipinski definition) is 5. The minimum Gasteiger partial charge on any atom is -0.418 e. The molecule has 1 aliphatic heterocycles. The molecular weight excluding hydrogens is 378 g/mol. The van der Waals surface area contributed by atoms with E-state index in [9.17, 15) is 4.79 Å². The third-order valence-corrected chi connectivity index (χ3v) is 5.79. The molecule has 1 atom stereocenters. The third kappa shape index (κ3) is 4.36. The summed E-state index contributed by atoms with van der Waals surface area (Å²) in [6.07, 6.45) is 4.28. The summed E-state index contributed by atoms with van der Waals surface area (Å²) in [5.74, 6) is 0.0310. The van der Waals surface area contributed by atoms with Crippen LogP contribution in [0.15, 0.2) is 41.1 Å². The zero-order valence-electron chi connectivity index (χ0n) is 18.2. The van der Waals surface area contributed by atoms with Crippen molar-refractivity contribution in [1.29, 1.82) is 0 Å². The highest BCUT2D eigenvalue weighted by molar-refractivity contribution is 5.91. The van der Waals surface area contributed by atoms with Crippen LogP contribution in [0, 0.1) is 0 Å². The Morgan fingerprint density at radius 1 is 1.23 bits per heavy atom. The predicted molar refractivity (Wildman–Crippen MR) is 119 cm³/mol. The number of para-hydroxylation sites is 1. The monoisotopic (exact) mass is 409 g/mol. The Balaban J connectivity index is 1.34. The quantitative estimate of drug-likeness (QED) is 0.675. The highest BCUT2D eigenvalue weighted by Crippen LogP contribution is 2.22. The van der Waals surface area contributed by atoms with Crippen molar-refractivity contribution in [3.8, 4) is 0 Å². The molecule has 0 saturated carbocycles. The first-order valence-electron chi connectivity index (χ1n) is 10.6. The molecule has 7 nitrogen and oxygen atoms in total. The molecule has 0 radical (unpaired) electrons. The molecule has 1 unspecified atom stereocenters. The van der Waals surface area contributed by atoms with Gasteiger partial charge in [0.2, 0.25) is 5.76 Å². The Morgan fingerprint density at radius 3 is 2.70 bits per heavy atom. The van der Waals surface area contributed by atoms with Crippen molar-refractivity contribution in [2.75, 3.05) is 31.1 Å². The number of rotatable bonds is 5. The van der Waals surface area contributed by atoms with Gasteiger partial charge in [-0.25, -0.2) is 4.98 Å². The van der Waals surface area contributed by atoms with E-state index in [0.717, 1.165) is 38.1 Å². The largest absolute Gasteiger partial charge is 0.418 e. The number of aromatic nitrogens is 2. The van der Waals surface area contributed by atoms with E-state index in [4.69, 9.17) is 4.42 Å². The summed E-state index contributed by atoms with van der Waals surface area (Å²) < 4.78 is 5.79. The Bertz CT molecular complexity index is 1010. The number of carbonyl (C=O) groups excluding carboxylic acids is 1. The van der Waals surface area contributed by atoms with Gasteiger partial charge in [-0.2, -0.15) is 0 Å². The fourth-order valence-electron chi connectivity index (χ4n) is 4.06. The number of nitrogens with one attached hydrogen (secondary N) is 2. The molecular formula is C23H31N5O2. The van der Waals surface area contributed by atoms with Crippen molar-refractivity contribution in [2.45, 2.75) is 45.7 Å². The van der Waals surface area contributed by atoms with E-state index >= 15 is 0 Å². The number of H-pyrrole nitrogens is 1. The van der Waals surface area contributed by atoms with E-state index in [-0.39, 0.29) is 23.2 Å². The van der Waals surface area contributed by atoms with Crippen LogP contribution in [-0.2, 0) is 6.42 Å². The van der Waals surface area contributed by atoms with Crippen molar-refractivity contribution >= 4 is 22.8 Å². The summed E-state index contributed by atoms with van der Waals surface area (Å²) in [6.45, 7) is 12.3. The van der Waals surface area contributed by atoms with Crippen molar-refractivity contribution in [3.05, 3.63) is 48.0 Å². The standard InChI is InChI=1S/C23H31N5O2/c1-16(13-17-14-24-19-8-6-5-7-18(17)19)26-21(29)20-15-25-22(30-20)27-9-11-28(12-10-27)23(2,3)4/h5-8,14-16,24H,9-13H2,1-4H3,(H,26,29). The van der Waals surface area contributed by atoms with Crippen LogP contribution >= 0.6 is 0 Å². The van der Waals surface area contributed by atoms with Crippen molar-refractivity contribution in [3.63, 3.8) is 0 Å². The lowest BCUT2D eigenvalue weighted by Crippen LogP contribution is -2.53. The maximum absolute atomic E-state index is 12.6. The van der Waals surface area contributed by atoms with Crippen LogP contribution in [0.5, 0.6) is 0 Å². The van der Waals surface area contributed by atoms with E-state index in [1.54, 1.807) is 0 Å². The van der Waals surface area contributed by atoms with E-state index in [2.05, 4.69) is 58.0 Å². The first-order chi connectivity index (χ1) is 14.3. The maximum atomic E-state index is 12.6. The van der Waals surface area contributed by atoms with Gasteiger partial charge in [-0.15, -0.1) is 0 Å². The lowest BCUT2D eigenvalue weighted by molar-refractivity contribution is 0.0912.